The second-order valence-corrected chi connectivity index (χ2v) is 7.81. The first kappa shape index (κ1) is 22.3. The summed E-state index contributed by atoms with van der Waals surface area (Å²) in [6.07, 6.45) is -3.90. The lowest BCUT2D eigenvalue weighted by Gasteiger charge is -2.27. The van der Waals surface area contributed by atoms with Crippen molar-refractivity contribution in [3.63, 3.8) is 0 Å². The van der Waals surface area contributed by atoms with Crippen molar-refractivity contribution in [2.24, 2.45) is 0 Å². The fourth-order valence-corrected chi connectivity index (χ4v) is 3.78. The molecule has 170 valence electrons. The molecular weight excluding hydrogens is 417 g/mol. The zero-order chi connectivity index (χ0) is 22.4. The average molecular weight is 445 g/mol. The Morgan fingerprint density at radius 2 is 1.75 bits per heavy atom. The minimum atomic E-state index is -4.34. The summed E-state index contributed by atoms with van der Waals surface area (Å²) in [4.78, 5) is 11.6. The third-order valence-electron chi connectivity index (χ3n) is 5.48. The zero-order valence-electron chi connectivity index (χ0n) is 17.8. The maximum absolute atomic E-state index is 12.9. The van der Waals surface area contributed by atoms with Crippen LogP contribution in [0.5, 0.6) is 0 Å². The molecular formula is C23H27F3N6. The molecule has 9 heteroatoms. The minimum Gasteiger partial charge on any atom is -0.368 e. The topological polar surface area (TPSA) is 65.1 Å². The number of halogens is 3. The van der Waals surface area contributed by atoms with Crippen LogP contribution in [0.4, 0.5) is 24.9 Å². The van der Waals surface area contributed by atoms with Crippen LogP contribution >= 0.6 is 0 Å². The fourth-order valence-electron chi connectivity index (χ4n) is 3.78. The fraction of sp³-hybridized carbons (Fsp3) is 0.391. The van der Waals surface area contributed by atoms with Crippen molar-refractivity contribution < 1.29 is 13.2 Å². The van der Waals surface area contributed by atoms with E-state index >= 15 is 0 Å². The van der Waals surface area contributed by atoms with Crippen molar-refractivity contribution in [2.45, 2.75) is 12.6 Å². The van der Waals surface area contributed by atoms with E-state index in [1.165, 1.54) is 12.1 Å². The molecule has 1 saturated heterocycles. The van der Waals surface area contributed by atoms with Crippen molar-refractivity contribution in [3.8, 4) is 0 Å². The van der Waals surface area contributed by atoms with Crippen LogP contribution in [-0.2, 0) is 12.6 Å². The lowest BCUT2D eigenvalue weighted by atomic mass is 10.1. The normalized spacial score (nSPS) is 15.1. The van der Waals surface area contributed by atoms with Gasteiger partial charge in [0.1, 0.15) is 5.82 Å². The van der Waals surface area contributed by atoms with Crippen molar-refractivity contribution in [1.29, 1.82) is 0 Å². The van der Waals surface area contributed by atoms with Crippen molar-refractivity contribution in [3.05, 3.63) is 59.7 Å². The van der Waals surface area contributed by atoms with E-state index in [0.29, 0.717) is 24.5 Å². The molecule has 1 aliphatic rings. The molecule has 32 heavy (non-hydrogen) atoms. The summed E-state index contributed by atoms with van der Waals surface area (Å²) in [5, 5.41) is 10.9. The first-order chi connectivity index (χ1) is 15.5. The molecule has 1 fully saturated rings. The minimum absolute atomic E-state index is 0.430. The summed E-state index contributed by atoms with van der Waals surface area (Å²) < 4.78 is 38.8. The van der Waals surface area contributed by atoms with Crippen LogP contribution < -0.4 is 16.0 Å². The molecule has 0 unspecified atom stereocenters. The summed E-state index contributed by atoms with van der Waals surface area (Å²) in [5.41, 5.74) is 0.796. The number of piperazine rings is 1. The maximum Gasteiger partial charge on any atom is 0.416 e. The maximum atomic E-state index is 12.9. The van der Waals surface area contributed by atoms with Gasteiger partial charge in [0.25, 0.3) is 0 Å². The number of fused-ring (bicyclic) bond motifs is 1. The second-order valence-electron chi connectivity index (χ2n) is 7.81. The van der Waals surface area contributed by atoms with Crippen molar-refractivity contribution in [1.82, 2.24) is 20.2 Å². The van der Waals surface area contributed by atoms with Gasteiger partial charge in [-0.25, -0.2) is 4.98 Å². The average Bonchev–Trinajstić information content (AvgIpc) is 2.79. The molecule has 0 bridgehead atoms. The number of alkyl halides is 3. The standard InChI is InChI=1S/C23H27F3N6/c24-23(25,26)18-5-3-4-17(16-18)8-9-29-22-30-20-7-2-1-6-19(20)21(31-22)28-12-15-32-13-10-27-11-14-32/h1-7,16,27H,8-15H2,(H2,28,29,30,31). The molecule has 1 aromatic heterocycles. The highest BCUT2D eigenvalue weighted by molar-refractivity contribution is 5.90. The van der Waals surface area contributed by atoms with Gasteiger partial charge in [-0.05, 0) is 30.2 Å². The van der Waals surface area contributed by atoms with Gasteiger partial charge in [-0.15, -0.1) is 0 Å². The van der Waals surface area contributed by atoms with Crippen LogP contribution in [0.25, 0.3) is 10.9 Å². The second kappa shape index (κ2) is 10.1. The molecule has 2 heterocycles. The Labute approximate surface area is 185 Å². The van der Waals surface area contributed by atoms with Gasteiger partial charge >= 0.3 is 6.18 Å². The molecule has 0 spiro atoms. The summed E-state index contributed by atoms with van der Waals surface area (Å²) in [6.45, 7) is 6.22. The first-order valence-corrected chi connectivity index (χ1v) is 10.8. The van der Waals surface area contributed by atoms with Gasteiger partial charge in [0.2, 0.25) is 5.95 Å². The lowest BCUT2D eigenvalue weighted by molar-refractivity contribution is -0.137. The quantitative estimate of drug-likeness (QED) is 0.493. The van der Waals surface area contributed by atoms with Gasteiger partial charge < -0.3 is 16.0 Å². The van der Waals surface area contributed by atoms with E-state index < -0.39 is 11.7 Å². The molecule has 2 aromatic carbocycles. The number of nitrogens with one attached hydrogen (secondary N) is 3. The van der Waals surface area contributed by atoms with E-state index in [9.17, 15) is 13.2 Å². The smallest absolute Gasteiger partial charge is 0.368 e. The Hall–Kier alpha value is -2.91. The Balaban J connectivity index is 1.40. The van der Waals surface area contributed by atoms with Crippen LogP contribution in [0.3, 0.4) is 0 Å². The predicted octanol–water partition coefficient (Wildman–Crippen LogP) is 3.62. The van der Waals surface area contributed by atoms with Crippen molar-refractivity contribution >= 4 is 22.7 Å². The van der Waals surface area contributed by atoms with Gasteiger partial charge in [-0.1, -0.05) is 30.3 Å². The van der Waals surface area contributed by atoms with E-state index in [2.05, 4.69) is 30.8 Å². The van der Waals surface area contributed by atoms with E-state index in [1.54, 1.807) is 6.07 Å². The van der Waals surface area contributed by atoms with Gasteiger partial charge in [0.05, 0.1) is 11.1 Å². The number of nitrogens with zero attached hydrogens (tertiary/aromatic N) is 3. The molecule has 6 nitrogen and oxygen atoms in total. The molecule has 0 amide bonds. The van der Waals surface area contributed by atoms with E-state index in [-0.39, 0.29) is 0 Å². The highest BCUT2D eigenvalue weighted by Gasteiger charge is 2.30. The van der Waals surface area contributed by atoms with Crippen LogP contribution in [-0.4, -0.2) is 60.7 Å². The summed E-state index contributed by atoms with van der Waals surface area (Å²) in [7, 11) is 0. The highest BCUT2D eigenvalue weighted by atomic mass is 19.4. The van der Waals surface area contributed by atoms with Crippen LogP contribution in [0.15, 0.2) is 48.5 Å². The lowest BCUT2D eigenvalue weighted by Crippen LogP contribution is -2.45. The summed E-state index contributed by atoms with van der Waals surface area (Å²) >= 11 is 0. The van der Waals surface area contributed by atoms with Gasteiger partial charge in [-0.3, -0.25) is 4.90 Å². The summed E-state index contributed by atoms with van der Waals surface area (Å²) in [5.74, 6) is 1.22. The largest absolute Gasteiger partial charge is 0.416 e. The molecule has 0 radical (unpaired) electrons. The summed E-state index contributed by atoms with van der Waals surface area (Å²) in [6, 6.07) is 13.2. The predicted molar refractivity (Wildman–Crippen MR) is 121 cm³/mol. The number of rotatable bonds is 8. The van der Waals surface area contributed by atoms with Gasteiger partial charge in [0, 0.05) is 51.2 Å². The third-order valence-corrected chi connectivity index (χ3v) is 5.48. The SMILES string of the molecule is FC(F)(F)c1cccc(CCNc2nc(NCCN3CCNCC3)c3ccccc3n2)c1. The molecule has 1 aliphatic heterocycles. The molecule has 0 saturated carbocycles. The van der Waals surface area contributed by atoms with Crippen LogP contribution in [0.2, 0.25) is 0 Å². The number of benzene rings is 2. The number of aromatic nitrogens is 2. The molecule has 0 aliphatic carbocycles. The Morgan fingerprint density at radius 3 is 2.56 bits per heavy atom. The molecule has 4 rings (SSSR count). The zero-order valence-corrected chi connectivity index (χ0v) is 17.8. The van der Waals surface area contributed by atoms with Crippen LogP contribution in [0.1, 0.15) is 11.1 Å². The van der Waals surface area contributed by atoms with Gasteiger partial charge in [-0.2, -0.15) is 18.2 Å². The number of hydrogen-bond donors (Lipinski definition) is 3. The Morgan fingerprint density at radius 1 is 0.938 bits per heavy atom. The number of hydrogen-bond acceptors (Lipinski definition) is 6. The van der Waals surface area contributed by atoms with E-state index in [4.69, 9.17) is 0 Å². The Bertz CT molecular complexity index is 1030. The van der Waals surface area contributed by atoms with Crippen molar-refractivity contribution in [2.75, 3.05) is 56.4 Å². The first-order valence-electron chi connectivity index (χ1n) is 10.8. The third kappa shape index (κ3) is 5.86. The number of para-hydroxylation sites is 1. The monoisotopic (exact) mass is 444 g/mol. The number of anilines is 2. The van der Waals surface area contributed by atoms with E-state index in [0.717, 1.165) is 62.1 Å². The van der Waals surface area contributed by atoms with E-state index in [1.807, 2.05) is 24.3 Å². The highest BCUT2D eigenvalue weighted by Crippen LogP contribution is 2.29. The molecule has 3 N–H and O–H groups in total. The van der Waals surface area contributed by atoms with Crippen LogP contribution in [0, 0.1) is 0 Å². The van der Waals surface area contributed by atoms with Gasteiger partial charge in [0.15, 0.2) is 0 Å². The molecule has 3 aromatic rings. The Kier molecular flexibility index (Phi) is 7.06. The molecule has 0 atom stereocenters.